The summed E-state index contributed by atoms with van der Waals surface area (Å²) in [7, 11) is 0. The number of rotatable bonds is 0. The van der Waals surface area contributed by atoms with Crippen LogP contribution in [0.15, 0.2) is 12.2 Å². The summed E-state index contributed by atoms with van der Waals surface area (Å²) in [6.45, 7) is 2.12. The zero-order chi connectivity index (χ0) is 5.98. The van der Waals surface area contributed by atoms with Gasteiger partial charge in [-0.2, -0.15) is 0 Å². The second kappa shape index (κ2) is 2.31. The lowest BCUT2D eigenvalue weighted by molar-refractivity contribution is 0.150. The normalized spacial score (nSPS) is 37.8. The van der Waals surface area contributed by atoms with Crippen LogP contribution in [0.2, 0.25) is 0 Å². The Morgan fingerprint density at radius 1 is 1.62 bits per heavy atom. The third kappa shape index (κ3) is 1.34. The van der Waals surface area contributed by atoms with Gasteiger partial charge in [-0.3, -0.25) is 0 Å². The van der Waals surface area contributed by atoms with Crippen molar-refractivity contribution >= 4 is 0 Å². The van der Waals surface area contributed by atoms with Crippen LogP contribution in [0.4, 0.5) is 0 Å². The van der Waals surface area contributed by atoms with Crippen molar-refractivity contribution in [2.24, 2.45) is 5.92 Å². The van der Waals surface area contributed by atoms with E-state index in [4.69, 9.17) is 5.11 Å². The summed E-state index contributed by atoms with van der Waals surface area (Å²) in [5.74, 6) is 0.582. The van der Waals surface area contributed by atoms with Crippen LogP contribution in [0.5, 0.6) is 0 Å². The maximum Gasteiger partial charge on any atom is 0.0580 e. The maximum absolute atomic E-state index is 9.03. The molecule has 8 heavy (non-hydrogen) atoms. The van der Waals surface area contributed by atoms with Crippen LogP contribution in [-0.4, -0.2) is 11.2 Å². The molecule has 1 unspecified atom stereocenters. The van der Waals surface area contributed by atoms with E-state index in [2.05, 4.69) is 19.1 Å². The Labute approximate surface area is 50.0 Å². The average Bonchev–Trinajstić information content (AvgIpc) is 1.64. The number of aliphatic hydroxyl groups is 1. The van der Waals surface area contributed by atoms with Crippen molar-refractivity contribution in [1.82, 2.24) is 0 Å². The molecule has 0 aromatic rings. The molecule has 0 saturated carbocycles. The molecule has 1 aliphatic carbocycles. The van der Waals surface area contributed by atoms with Crippen LogP contribution in [0, 0.1) is 5.92 Å². The predicted molar refractivity (Wildman–Crippen MR) is 33.5 cm³/mol. The SMILES string of the molecule is CC1C=CC[C@H](O)C1. The van der Waals surface area contributed by atoms with Crippen molar-refractivity contribution in [3.8, 4) is 0 Å². The van der Waals surface area contributed by atoms with Crippen LogP contribution in [-0.2, 0) is 0 Å². The molecule has 1 N–H and O–H groups in total. The van der Waals surface area contributed by atoms with Crippen LogP contribution >= 0.6 is 0 Å². The van der Waals surface area contributed by atoms with Crippen molar-refractivity contribution in [1.29, 1.82) is 0 Å². The van der Waals surface area contributed by atoms with E-state index in [1.807, 2.05) is 0 Å². The van der Waals surface area contributed by atoms with Gasteiger partial charge in [0.05, 0.1) is 6.10 Å². The smallest absolute Gasteiger partial charge is 0.0580 e. The Morgan fingerprint density at radius 3 is 2.75 bits per heavy atom. The molecule has 46 valence electrons. The van der Waals surface area contributed by atoms with E-state index in [0.29, 0.717) is 5.92 Å². The molecule has 0 amide bonds. The Hall–Kier alpha value is -0.300. The summed E-state index contributed by atoms with van der Waals surface area (Å²) in [5.41, 5.74) is 0. The van der Waals surface area contributed by atoms with E-state index in [9.17, 15) is 0 Å². The molecule has 0 aromatic heterocycles. The summed E-state index contributed by atoms with van der Waals surface area (Å²) in [6.07, 6.45) is 5.93. The van der Waals surface area contributed by atoms with Gasteiger partial charge in [0.1, 0.15) is 0 Å². The highest BCUT2D eigenvalue weighted by Gasteiger charge is 2.09. The van der Waals surface area contributed by atoms with E-state index in [1.54, 1.807) is 0 Å². The molecule has 0 aliphatic heterocycles. The van der Waals surface area contributed by atoms with Gasteiger partial charge in [-0.15, -0.1) is 0 Å². The lowest BCUT2D eigenvalue weighted by Gasteiger charge is -2.15. The van der Waals surface area contributed by atoms with E-state index in [-0.39, 0.29) is 6.10 Å². The molecule has 0 bridgehead atoms. The Balaban J connectivity index is 2.42. The lowest BCUT2D eigenvalue weighted by atomic mass is 9.96. The lowest BCUT2D eigenvalue weighted by Crippen LogP contribution is -2.12. The van der Waals surface area contributed by atoms with Gasteiger partial charge in [0.2, 0.25) is 0 Å². The fourth-order valence-electron chi connectivity index (χ4n) is 1.07. The van der Waals surface area contributed by atoms with E-state index >= 15 is 0 Å². The van der Waals surface area contributed by atoms with Crippen LogP contribution in [0.1, 0.15) is 19.8 Å². The molecular weight excluding hydrogens is 100 g/mol. The minimum absolute atomic E-state index is 0.0741. The minimum atomic E-state index is -0.0741. The Morgan fingerprint density at radius 2 is 2.38 bits per heavy atom. The highest BCUT2D eigenvalue weighted by Crippen LogP contribution is 2.15. The Bertz CT molecular complexity index is 96.6. The molecule has 2 atom stereocenters. The number of aliphatic hydroxyl groups excluding tert-OH is 1. The molecule has 0 saturated heterocycles. The first kappa shape index (κ1) is 5.83. The highest BCUT2D eigenvalue weighted by molar-refractivity contribution is 4.94. The van der Waals surface area contributed by atoms with Crippen molar-refractivity contribution in [2.45, 2.75) is 25.9 Å². The third-order valence-corrected chi connectivity index (χ3v) is 1.52. The monoisotopic (exact) mass is 112 g/mol. The van der Waals surface area contributed by atoms with Crippen LogP contribution in [0.25, 0.3) is 0 Å². The maximum atomic E-state index is 9.03. The van der Waals surface area contributed by atoms with Crippen molar-refractivity contribution in [3.05, 3.63) is 12.2 Å². The van der Waals surface area contributed by atoms with Crippen molar-refractivity contribution in [2.75, 3.05) is 0 Å². The molecule has 0 fully saturated rings. The van der Waals surface area contributed by atoms with Crippen molar-refractivity contribution < 1.29 is 5.11 Å². The predicted octanol–water partition coefficient (Wildman–Crippen LogP) is 1.33. The first-order chi connectivity index (χ1) is 3.79. The second-order valence-electron chi connectivity index (χ2n) is 2.53. The molecule has 1 nitrogen and oxygen atoms in total. The molecule has 1 rings (SSSR count). The quantitative estimate of drug-likeness (QED) is 0.469. The number of allylic oxidation sites excluding steroid dienone is 1. The summed E-state index contributed by atoms with van der Waals surface area (Å²) in [6, 6.07) is 0. The summed E-state index contributed by atoms with van der Waals surface area (Å²) in [4.78, 5) is 0. The second-order valence-corrected chi connectivity index (χ2v) is 2.53. The van der Waals surface area contributed by atoms with Gasteiger partial charge in [0.15, 0.2) is 0 Å². The van der Waals surface area contributed by atoms with E-state index in [1.165, 1.54) is 0 Å². The Kier molecular flexibility index (Phi) is 1.69. The molecule has 0 heterocycles. The van der Waals surface area contributed by atoms with Crippen LogP contribution < -0.4 is 0 Å². The average molecular weight is 112 g/mol. The third-order valence-electron chi connectivity index (χ3n) is 1.52. The molecule has 0 radical (unpaired) electrons. The topological polar surface area (TPSA) is 20.2 Å². The minimum Gasteiger partial charge on any atom is -0.393 e. The zero-order valence-corrected chi connectivity index (χ0v) is 5.17. The van der Waals surface area contributed by atoms with E-state index in [0.717, 1.165) is 12.8 Å². The first-order valence-electron chi connectivity index (χ1n) is 3.14. The fraction of sp³-hybridized carbons (Fsp3) is 0.714. The van der Waals surface area contributed by atoms with Crippen LogP contribution in [0.3, 0.4) is 0 Å². The van der Waals surface area contributed by atoms with Gasteiger partial charge in [-0.1, -0.05) is 19.1 Å². The van der Waals surface area contributed by atoms with Gasteiger partial charge in [-0.25, -0.2) is 0 Å². The standard InChI is InChI=1S/C7H12O/c1-6-3-2-4-7(8)5-6/h2-3,6-8H,4-5H2,1H3/t6?,7-/m0/s1. The molecule has 1 aliphatic rings. The zero-order valence-electron chi connectivity index (χ0n) is 5.17. The number of hydrogen-bond acceptors (Lipinski definition) is 1. The summed E-state index contributed by atoms with van der Waals surface area (Å²) >= 11 is 0. The van der Waals surface area contributed by atoms with Gasteiger partial charge < -0.3 is 5.11 Å². The molecule has 1 heteroatoms. The largest absolute Gasteiger partial charge is 0.393 e. The number of hydrogen-bond donors (Lipinski definition) is 1. The summed E-state index contributed by atoms with van der Waals surface area (Å²) < 4.78 is 0. The van der Waals surface area contributed by atoms with Gasteiger partial charge in [-0.05, 0) is 18.8 Å². The highest BCUT2D eigenvalue weighted by atomic mass is 16.3. The first-order valence-corrected chi connectivity index (χ1v) is 3.14. The summed E-state index contributed by atoms with van der Waals surface area (Å²) in [5, 5.41) is 9.03. The fourth-order valence-corrected chi connectivity index (χ4v) is 1.07. The molecular formula is C7H12O. The molecule has 0 spiro atoms. The van der Waals surface area contributed by atoms with Crippen molar-refractivity contribution in [3.63, 3.8) is 0 Å². The van der Waals surface area contributed by atoms with Gasteiger partial charge in [0.25, 0.3) is 0 Å². The van der Waals surface area contributed by atoms with Gasteiger partial charge >= 0.3 is 0 Å². The van der Waals surface area contributed by atoms with E-state index < -0.39 is 0 Å². The molecule has 0 aromatic carbocycles. The van der Waals surface area contributed by atoms with Gasteiger partial charge in [0, 0.05) is 0 Å².